The van der Waals surface area contributed by atoms with Crippen molar-refractivity contribution >= 4 is 22.4 Å². The van der Waals surface area contributed by atoms with E-state index >= 15 is 0 Å². The minimum Gasteiger partial charge on any atom is -0.345 e. The van der Waals surface area contributed by atoms with Gasteiger partial charge in [0.05, 0.1) is 0 Å². The summed E-state index contributed by atoms with van der Waals surface area (Å²) in [5.74, 6) is 0.810. The van der Waals surface area contributed by atoms with Crippen molar-refractivity contribution in [1.29, 1.82) is 0 Å². The average molecular weight is 290 g/mol. The lowest BCUT2D eigenvalue weighted by molar-refractivity contribution is 0.638. The summed E-state index contributed by atoms with van der Waals surface area (Å²) >= 11 is 1.69. The second-order valence-electron chi connectivity index (χ2n) is 4.72. The monoisotopic (exact) mass is 290 g/mol. The Hall–Kier alpha value is -1.73. The van der Waals surface area contributed by atoms with Crippen LogP contribution in [0.3, 0.4) is 0 Å². The van der Waals surface area contributed by atoms with Gasteiger partial charge in [-0.25, -0.2) is 15.0 Å². The Morgan fingerprint density at radius 3 is 2.35 bits per heavy atom. The lowest BCUT2D eigenvalue weighted by atomic mass is 10.2. The number of nitrogens with two attached hydrogens (primary N) is 1. The van der Waals surface area contributed by atoms with Crippen molar-refractivity contribution in [2.45, 2.75) is 6.42 Å². The van der Waals surface area contributed by atoms with Crippen molar-refractivity contribution in [3.63, 3.8) is 0 Å². The summed E-state index contributed by atoms with van der Waals surface area (Å²) in [7, 11) is 0. The standard InChI is InChI=1S/C13H18N6S/c14-2-1-11-9-16-12(17-10-11)18-4-6-19(7-5-18)13-15-3-8-20-13/h3,8-10H,1-2,4-7,14H2. The summed E-state index contributed by atoms with van der Waals surface area (Å²) < 4.78 is 0. The number of nitrogens with zero attached hydrogens (tertiary/aromatic N) is 5. The number of hydrogen-bond acceptors (Lipinski definition) is 7. The molecule has 3 rings (SSSR count). The van der Waals surface area contributed by atoms with Crippen molar-refractivity contribution in [2.75, 3.05) is 42.5 Å². The molecular weight excluding hydrogens is 272 g/mol. The quantitative estimate of drug-likeness (QED) is 0.896. The predicted octanol–water partition coefficient (Wildman–Crippen LogP) is 0.761. The molecule has 0 amide bonds. The van der Waals surface area contributed by atoms with Gasteiger partial charge < -0.3 is 15.5 Å². The van der Waals surface area contributed by atoms with Crippen LogP contribution in [0.5, 0.6) is 0 Å². The van der Waals surface area contributed by atoms with Gasteiger partial charge in [0.25, 0.3) is 0 Å². The van der Waals surface area contributed by atoms with Crippen molar-refractivity contribution in [3.8, 4) is 0 Å². The summed E-state index contributed by atoms with van der Waals surface area (Å²) in [6.07, 6.45) is 6.44. The van der Waals surface area contributed by atoms with Gasteiger partial charge in [0.1, 0.15) is 0 Å². The molecule has 2 aromatic heterocycles. The third-order valence-electron chi connectivity index (χ3n) is 3.38. The van der Waals surface area contributed by atoms with Crippen molar-refractivity contribution in [3.05, 3.63) is 29.5 Å². The first-order valence-electron chi connectivity index (χ1n) is 6.77. The maximum Gasteiger partial charge on any atom is 0.225 e. The Morgan fingerprint density at radius 1 is 1.05 bits per heavy atom. The molecule has 0 bridgehead atoms. The molecule has 1 fully saturated rings. The molecule has 1 aliphatic heterocycles. The fourth-order valence-corrected chi connectivity index (χ4v) is 2.97. The molecule has 2 N–H and O–H groups in total. The highest BCUT2D eigenvalue weighted by molar-refractivity contribution is 7.13. The Bertz CT molecular complexity index is 518. The van der Waals surface area contributed by atoms with E-state index in [-0.39, 0.29) is 0 Å². The lowest BCUT2D eigenvalue weighted by Gasteiger charge is -2.34. The molecule has 6 nitrogen and oxygen atoms in total. The molecule has 3 heterocycles. The molecule has 7 heteroatoms. The molecule has 0 saturated carbocycles. The van der Waals surface area contributed by atoms with Crippen molar-refractivity contribution < 1.29 is 0 Å². The summed E-state index contributed by atoms with van der Waals surface area (Å²) in [4.78, 5) is 17.8. The first kappa shape index (κ1) is 13.3. The Kier molecular flexibility index (Phi) is 4.08. The Morgan fingerprint density at radius 2 is 1.75 bits per heavy atom. The smallest absolute Gasteiger partial charge is 0.225 e. The fraction of sp³-hybridized carbons (Fsp3) is 0.462. The second kappa shape index (κ2) is 6.15. The van der Waals surface area contributed by atoms with Gasteiger partial charge in [-0.05, 0) is 18.5 Å². The molecule has 20 heavy (non-hydrogen) atoms. The van der Waals surface area contributed by atoms with E-state index in [1.807, 2.05) is 24.0 Å². The molecular formula is C13H18N6S. The molecule has 0 atom stereocenters. The molecule has 1 saturated heterocycles. The van der Waals surface area contributed by atoms with Crippen LogP contribution >= 0.6 is 11.3 Å². The van der Waals surface area contributed by atoms with Crippen LogP contribution in [0.4, 0.5) is 11.1 Å². The molecule has 0 aromatic carbocycles. The third kappa shape index (κ3) is 2.88. The molecule has 0 unspecified atom stereocenters. The Labute approximate surface area is 122 Å². The molecule has 106 valence electrons. The number of aromatic nitrogens is 3. The highest BCUT2D eigenvalue weighted by Crippen LogP contribution is 2.20. The van der Waals surface area contributed by atoms with Crippen LogP contribution in [0.1, 0.15) is 5.56 Å². The lowest BCUT2D eigenvalue weighted by Crippen LogP contribution is -2.47. The van der Waals surface area contributed by atoms with Crippen LogP contribution in [-0.2, 0) is 6.42 Å². The largest absolute Gasteiger partial charge is 0.345 e. The van der Waals surface area contributed by atoms with E-state index in [0.29, 0.717) is 6.54 Å². The maximum atomic E-state index is 5.53. The fourth-order valence-electron chi connectivity index (χ4n) is 2.28. The highest BCUT2D eigenvalue weighted by atomic mass is 32.1. The first-order chi connectivity index (χ1) is 9.86. The van der Waals surface area contributed by atoms with Gasteiger partial charge in [-0.1, -0.05) is 0 Å². The van der Waals surface area contributed by atoms with E-state index in [1.54, 1.807) is 11.3 Å². The number of anilines is 2. The van der Waals surface area contributed by atoms with Crippen molar-refractivity contribution in [1.82, 2.24) is 15.0 Å². The number of thiazole rings is 1. The van der Waals surface area contributed by atoms with E-state index in [0.717, 1.165) is 49.2 Å². The first-order valence-corrected chi connectivity index (χ1v) is 7.65. The van der Waals surface area contributed by atoms with Crippen LogP contribution in [0.25, 0.3) is 0 Å². The van der Waals surface area contributed by atoms with E-state index in [1.165, 1.54) is 0 Å². The predicted molar refractivity (Wildman–Crippen MR) is 81.3 cm³/mol. The zero-order chi connectivity index (χ0) is 13.8. The van der Waals surface area contributed by atoms with Gasteiger partial charge in [0.2, 0.25) is 5.95 Å². The normalized spacial score (nSPS) is 15.7. The minimum absolute atomic E-state index is 0.634. The van der Waals surface area contributed by atoms with Gasteiger partial charge in [0.15, 0.2) is 5.13 Å². The summed E-state index contributed by atoms with van der Waals surface area (Å²) in [6, 6.07) is 0. The third-order valence-corrected chi connectivity index (χ3v) is 4.21. The van der Waals surface area contributed by atoms with E-state index < -0.39 is 0 Å². The number of piperazine rings is 1. The minimum atomic E-state index is 0.634. The highest BCUT2D eigenvalue weighted by Gasteiger charge is 2.20. The van der Waals surface area contributed by atoms with E-state index in [4.69, 9.17) is 5.73 Å². The molecule has 0 radical (unpaired) electrons. The van der Waals surface area contributed by atoms with Crippen LogP contribution < -0.4 is 15.5 Å². The van der Waals surface area contributed by atoms with Crippen molar-refractivity contribution in [2.24, 2.45) is 5.73 Å². The summed E-state index contributed by atoms with van der Waals surface area (Å²) in [5, 5.41) is 3.12. The van der Waals surface area contributed by atoms with Crippen LogP contribution in [-0.4, -0.2) is 47.7 Å². The SMILES string of the molecule is NCCc1cnc(N2CCN(c3nccs3)CC2)nc1. The molecule has 1 aliphatic rings. The van der Waals surface area contributed by atoms with Gasteiger partial charge >= 0.3 is 0 Å². The topological polar surface area (TPSA) is 71.2 Å². The van der Waals surface area contributed by atoms with Crippen LogP contribution in [0.15, 0.2) is 24.0 Å². The van der Waals surface area contributed by atoms with Crippen LogP contribution in [0, 0.1) is 0 Å². The van der Waals surface area contributed by atoms with Gasteiger partial charge in [-0.15, -0.1) is 11.3 Å². The average Bonchev–Trinajstić information content (AvgIpc) is 3.03. The molecule has 2 aromatic rings. The summed E-state index contributed by atoms with van der Waals surface area (Å²) in [6.45, 7) is 4.41. The molecule has 0 spiro atoms. The zero-order valence-corrected chi connectivity index (χ0v) is 12.1. The number of rotatable bonds is 4. The van der Waals surface area contributed by atoms with Gasteiger partial charge in [0, 0.05) is 50.1 Å². The number of hydrogen-bond donors (Lipinski definition) is 1. The van der Waals surface area contributed by atoms with Gasteiger partial charge in [-0.2, -0.15) is 0 Å². The maximum absolute atomic E-state index is 5.53. The zero-order valence-electron chi connectivity index (χ0n) is 11.3. The van der Waals surface area contributed by atoms with E-state index in [2.05, 4.69) is 24.8 Å². The van der Waals surface area contributed by atoms with Gasteiger partial charge in [-0.3, -0.25) is 0 Å². The summed E-state index contributed by atoms with van der Waals surface area (Å²) in [5.41, 5.74) is 6.62. The molecule has 0 aliphatic carbocycles. The van der Waals surface area contributed by atoms with Crippen LogP contribution in [0.2, 0.25) is 0 Å². The van der Waals surface area contributed by atoms with E-state index in [9.17, 15) is 0 Å². The second-order valence-corrected chi connectivity index (χ2v) is 5.59. The Balaban J connectivity index is 1.60.